The lowest BCUT2D eigenvalue weighted by molar-refractivity contribution is -0.385. The average molecular weight is 275 g/mol. The van der Waals surface area contributed by atoms with Crippen LogP contribution in [0.25, 0.3) is 0 Å². The summed E-state index contributed by atoms with van der Waals surface area (Å²) in [4.78, 5) is 20.2. The molecule has 0 aliphatic rings. The minimum Gasteiger partial charge on any atom is -0.448 e. The Labute approximate surface area is 106 Å². The molecule has 0 atom stereocenters. The molecule has 0 aliphatic heterocycles. The molecule has 0 fully saturated rings. The van der Waals surface area contributed by atoms with Crippen molar-refractivity contribution in [1.82, 2.24) is 4.72 Å². The third-order valence-corrected chi connectivity index (χ3v) is 2.64. The fraction of sp³-hybridized carbons (Fsp3) is 0.222. The number of carbonyl (C=O) groups excluding carboxylic acids is 1. The third-order valence-electron chi connectivity index (χ3n) is 1.76. The standard InChI is InChI=1S/C9H10FN3O4S/c10-7-2-1-6(13(15)16)5-8(7)18-12-3-4-17-9(11)14/h1-2,5,12H,3-4H2,(H2,11,14). The van der Waals surface area contributed by atoms with E-state index in [1.54, 1.807) is 0 Å². The number of benzene rings is 1. The van der Waals surface area contributed by atoms with Crippen molar-refractivity contribution in [2.75, 3.05) is 13.2 Å². The summed E-state index contributed by atoms with van der Waals surface area (Å²) in [7, 11) is 0. The second-order valence-corrected chi connectivity index (χ2v) is 3.97. The molecule has 0 aromatic heterocycles. The predicted octanol–water partition coefficient (Wildman–Crippen LogP) is 1.43. The van der Waals surface area contributed by atoms with Crippen molar-refractivity contribution in [2.45, 2.75) is 4.90 Å². The number of carbonyl (C=O) groups is 1. The molecule has 9 heteroatoms. The van der Waals surface area contributed by atoms with Gasteiger partial charge in [0.2, 0.25) is 0 Å². The Morgan fingerprint density at radius 3 is 2.94 bits per heavy atom. The number of halogens is 1. The molecule has 0 spiro atoms. The first-order valence-electron chi connectivity index (χ1n) is 4.76. The highest BCUT2D eigenvalue weighted by Crippen LogP contribution is 2.23. The number of nitro benzene ring substituents is 1. The van der Waals surface area contributed by atoms with Crippen LogP contribution in [0.1, 0.15) is 0 Å². The smallest absolute Gasteiger partial charge is 0.404 e. The molecule has 1 aromatic rings. The van der Waals surface area contributed by atoms with Gasteiger partial charge in [-0.3, -0.25) is 14.8 Å². The van der Waals surface area contributed by atoms with E-state index in [2.05, 4.69) is 9.46 Å². The molecule has 7 nitrogen and oxygen atoms in total. The van der Waals surface area contributed by atoms with Crippen LogP contribution in [0.5, 0.6) is 0 Å². The molecule has 0 aliphatic carbocycles. The highest BCUT2D eigenvalue weighted by Gasteiger charge is 2.11. The Hall–Kier alpha value is -1.87. The van der Waals surface area contributed by atoms with Crippen molar-refractivity contribution in [2.24, 2.45) is 5.73 Å². The summed E-state index contributed by atoms with van der Waals surface area (Å²) < 4.78 is 20.4. The van der Waals surface area contributed by atoms with Crippen molar-refractivity contribution in [3.8, 4) is 0 Å². The molecule has 18 heavy (non-hydrogen) atoms. The largest absolute Gasteiger partial charge is 0.448 e. The van der Waals surface area contributed by atoms with E-state index in [0.717, 1.165) is 30.1 Å². The maximum Gasteiger partial charge on any atom is 0.404 e. The monoisotopic (exact) mass is 275 g/mol. The van der Waals surface area contributed by atoms with Gasteiger partial charge in [0, 0.05) is 18.7 Å². The molecule has 0 heterocycles. The number of ether oxygens (including phenoxy) is 1. The molecule has 3 N–H and O–H groups in total. The predicted molar refractivity (Wildman–Crippen MR) is 62.4 cm³/mol. The van der Waals surface area contributed by atoms with E-state index in [0.29, 0.717) is 0 Å². The molecule has 1 aromatic carbocycles. The van der Waals surface area contributed by atoms with Gasteiger partial charge in [-0.2, -0.15) is 0 Å². The summed E-state index contributed by atoms with van der Waals surface area (Å²) in [5, 5.41) is 10.5. The van der Waals surface area contributed by atoms with Crippen LogP contribution in [0.3, 0.4) is 0 Å². The Balaban J connectivity index is 2.48. The number of hydrogen-bond donors (Lipinski definition) is 2. The summed E-state index contributed by atoms with van der Waals surface area (Å²) in [6.07, 6.45) is -0.900. The topological polar surface area (TPSA) is 107 Å². The summed E-state index contributed by atoms with van der Waals surface area (Å²) in [6.45, 7) is 0.259. The first-order valence-corrected chi connectivity index (χ1v) is 5.58. The third kappa shape index (κ3) is 4.55. The average Bonchev–Trinajstić information content (AvgIpc) is 2.30. The first kappa shape index (κ1) is 14.2. The fourth-order valence-electron chi connectivity index (χ4n) is 1.01. The van der Waals surface area contributed by atoms with E-state index >= 15 is 0 Å². The molecule has 1 amide bonds. The van der Waals surface area contributed by atoms with E-state index in [9.17, 15) is 19.3 Å². The van der Waals surface area contributed by atoms with Gasteiger partial charge in [0.05, 0.1) is 9.82 Å². The van der Waals surface area contributed by atoms with Crippen molar-refractivity contribution in [3.05, 3.63) is 34.1 Å². The summed E-state index contributed by atoms with van der Waals surface area (Å²) in [5.74, 6) is -0.575. The SMILES string of the molecule is NC(=O)OCCNSc1cc([N+](=O)[O-])ccc1F. The molecular weight excluding hydrogens is 265 g/mol. The maximum atomic E-state index is 13.3. The van der Waals surface area contributed by atoms with Gasteiger partial charge in [-0.15, -0.1) is 0 Å². The molecule has 0 unspecified atom stereocenters. The summed E-state index contributed by atoms with van der Waals surface area (Å²) in [5.41, 5.74) is 4.53. The van der Waals surface area contributed by atoms with Gasteiger partial charge in [0.25, 0.3) is 5.69 Å². The van der Waals surface area contributed by atoms with Crippen LogP contribution < -0.4 is 10.5 Å². The molecule has 0 radical (unpaired) electrons. The van der Waals surface area contributed by atoms with Crippen molar-refractivity contribution in [3.63, 3.8) is 0 Å². The maximum absolute atomic E-state index is 13.3. The van der Waals surface area contributed by atoms with Gasteiger partial charge in [0.15, 0.2) is 0 Å². The number of hydrogen-bond acceptors (Lipinski definition) is 6. The molecule has 1 rings (SSSR count). The number of nitrogens with zero attached hydrogens (tertiary/aromatic N) is 1. The van der Waals surface area contributed by atoms with Crippen LogP contribution in [-0.4, -0.2) is 24.2 Å². The minimum atomic E-state index is -0.900. The lowest BCUT2D eigenvalue weighted by Crippen LogP contribution is -2.19. The number of amides is 1. The van der Waals surface area contributed by atoms with Crippen LogP contribution in [0.15, 0.2) is 23.1 Å². The van der Waals surface area contributed by atoms with E-state index in [4.69, 9.17) is 5.73 Å². The van der Waals surface area contributed by atoms with Gasteiger partial charge < -0.3 is 10.5 Å². The number of primary amides is 1. The summed E-state index contributed by atoms with van der Waals surface area (Å²) in [6, 6.07) is 3.21. The number of nitro groups is 1. The van der Waals surface area contributed by atoms with E-state index in [-0.39, 0.29) is 23.7 Å². The van der Waals surface area contributed by atoms with Gasteiger partial charge in [-0.05, 0) is 18.0 Å². The lowest BCUT2D eigenvalue weighted by Gasteiger charge is -2.05. The summed E-state index contributed by atoms with van der Waals surface area (Å²) >= 11 is 0.869. The van der Waals surface area contributed by atoms with Crippen molar-refractivity contribution in [1.29, 1.82) is 0 Å². The van der Waals surface area contributed by atoms with E-state index in [1.165, 1.54) is 0 Å². The van der Waals surface area contributed by atoms with Gasteiger partial charge in [-0.25, -0.2) is 9.18 Å². The normalized spacial score (nSPS) is 10.1. The molecule has 0 bridgehead atoms. The Kier molecular flexibility index (Phi) is 5.33. The zero-order valence-corrected chi connectivity index (χ0v) is 9.91. The fourth-order valence-corrected chi connectivity index (χ4v) is 1.69. The van der Waals surface area contributed by atoms with Gasteiger partial charge in [0.1, 0.15) is 12.4 Å². The van der Waals surface area contributed by atoms with E-state index in [1.807, 2.05) is 0 Å². The van der Waals surface area contributed by atoms with Gasteiger partial charge in [-0.1, -0.05) is 0 Å². The highest BCUT2D eigenvalue weighted by atomic mass is 32.2. The van der Waals surface area contributed by atoms with Crippen LogP contribution in [-0.2, 0) is 4.74 Å². The number of nitrogens with one attached hydrogen (secondary N) is 1. The molecule has 98 valence electrons. The Bertz CT molecular complexity index is 457. The van der Waals surface area contributed by atoms with E-state index < -0.39 is 16.8 Å². The quantitative estimate of drug-likeness (QED) is 0.352. The second kappa shape index (κ2) is 6.77. The number of rotatable bonds is 6. The van der Waals surface area contributed by atoms with Crippen LogP contribution in [0.2, 0.25) is 0 Å². The Morgan fingerprint density at radius 1 is 1.61 bits per heavy atom. The van der Waals surface area contributed by atoms with Crippen LogP contribution in [0, 0.1) is 15.9 Å². The minimum absolute atomic E-state index is 0.0267. The van der Waals surface area contributed by atoms with Crippen molar-refractivity contribution < 1.29 is 18.8 Å². The lowest BCUT2D eigenvalue weighted by atomic mass is 10.3. The van der Waals surface area contributed by atoms with Gasteiger partial charge >= 0.3 is 6.09 Å². The first-order chi connectivity index (χ1) is 8.50. The number of nitrogens with two attached hydrogens (primary N) is 1. The zero-order valence-electron chi connectivity index (χ0n) is 9.09. The highest BCUT2D eigenvalue weighted by molar-refractivity contribution is 7.97. The van der Waals surface area contributed by atoms with Crippen LogP contribution >= 0.6 is 11.9 Å². The molecule has 0 saturated heterocycles. The Morgan fingerprint density at radius 2 is 2.33 bits per heavy atom. The number of non-ortho nitro benzene ring substituents is 1. The zero-order chi connectivity index (χ0) is 13.5. The van der Waals surface area contributed by atoms with Crippen LogP contribution in [0.4, 0.5) is 14.9 Å². The second-order valence-electron chi connectivity index (χ2n) is 3.04. The van der Waals surface area contributed by atoms with Crippen molar-refractivity contribution >= 4 is 23.7 Å². The molecule has 0 saturated carbocycles. The molecular formula is C9H10FN3O4S.